The fourth-order valence-electron chi connectivity index (χ4n) is 3.54. The lowest BCUT2D eigenvalue weighted by Crippen LogP contribution is -2.36. The number of aromatic amines is 1. The lowest BCUT2D eigenvalue weighted by Gasteiger charge is -2.12. The Kier molecular flexibility index (Phi) is 6.38. The molecule has 172 valence electrons. The van der Waals surface area contributed by atoms with E-state index in [-0.39, 0.29) is 23.4 Å². The summed E-state index contributed by atoms with van der Waals surface area (Å²) in [6.45, 7) is 3.39. The second-order valence-corrected chi connectivity index (χ2v) is 7.08. The molecule has 1 aliphatic rings. The maximum Gasteiger partial charge on any atom is 0.340 e. The van der Waals surface area contributed by atoms with Gasteiger partial charge < -0.3 is 14.5 Å². The maximum atomic E-state index is 12.5. The molecule has 12 heteroatoms. The van der Waals surface area contributed by atoms with Gasteiger partial charge in [-0.2, -0.15) is 0 Å². The Balaban J connectivity index is 1.68. The number of aryl methyl sites for hydroxylation is 1. The van der Waals surface area contributed by atoms with E-state index in [1.165, 1.54) is 19.1 Å². The SMILES string of the molecule is CCOC(=O)c1c(C)[nH]c(C(=O)COC(=O)CN2C(=O)c3cccc([N+](=O)[O-])c3C2=O)c1C. The van der Waals surface area contributed by atoms with E-state index in [1.54, 1.807) is 13.8 Å². The summed E-state index contributed by atoms with van der Waals surface area (Å²) in [6.07, 6.45) is 0. The molecule has 1 aliphatic heterocycles. The molecular formula is C21H19N3O9. The van der Waals surface area contributed by atoms with Crippen molar-refractivity contribution in [1.29, 1.82) is 0 Å². The molecule has 1 aromatic carbocycles. The van der Waals surface area contributed by atoms with E-state index < -0.39 is 58.9 Å². The zero-order valence-electron chi connectivity index (χ0n) is 17.9. The molecule has 3 rings (SSSR count). The number of rotatable bonds is 8. The molecule has 1 N–H and O–H groups in total. The van der Waals surface area contributed by atoms with Gasteiger partial charge in [-0.1, -0.05) is 6.07 Å². The van der Waals surface area contributed by atoms with Gasteiger partial charge in [0.2, 0.25) is 5.78 Å². The fourth-order valence-corrected chi connectivity index (χ4v) is 3.54. The van der Waals surface area contributed by atoms with Crippen LogP contribution in [-0.2, 0) is 14.3 Å². The van der Waals surface area contributed by atoms with Crippen molar-refractivity contribution in [2.75, 3.05) is 19.8 Å². The van der Waals surface area contributed by atoms with Crippen molar-refractivity contribution in [3.63, 3.8) is 0 Å². The summed E-state index contributed by atoms with van der Waals surface area (Å²) in [6, 6.07) is 3.58. The Labute approximate surface area is 186 Å². The van der Waals surface area contributed by atoms with Gasteiger partial charge in [0.15, 0.2) is 6.61 Å². The highest BCUT2D eigenvalue weighted by atomic mass is 16.6. The molecule has 0 fully saturated rings. The first kappa shape index (κ1) is 23.3. The molecule has 33 heavy (non-hydrogen) atoms. The van der Waals surface area contributed by atoms with Crippen LogP contribution in [-0.4, -0.2) is 64.1 Å². The summed E-state index contributed by atoms with van der Waals surface area (Å²) >= 11 is 0. The van der Waals surface area contributed by atoms with E-state index in [0.717, 1.165) is 6.07 Å². The summed E-state index contributed by atoms with van der Waals surface area (Å²) in [4.78, 5) is 75.3. The second-order valence-electron chi connectivity index (χ2n) is 7.08. The first-order valence-corrected chi connectivity index (χ1v) is 9.77. The molecule has 0 bridgehead atoms. The Morgan fingerprint density at radius 3 is 2.45 bits per heavy atom. The van der Waals surface area contributed by atoms with Gasteiger partial charge >= 0.3 is 11.9 Å². The van der Waals surface area contributed by atoms with Gasteiger partial charge in [-0.15, -0.1) is 0 Å². The van der Waals surface area contributed by atoms with Crippen LogP contribution in [0.1, 0.15) is 59.7 Å². The number of benzene rings is 1. The number of carbonyl (C=O) groups is 5. The summed E-state index contributed by atoms with van der Waals surface area (Å²) in [5.74, 6) is -4.18. The number of hydrogen-bond donors (Lipinski definition) is 1. The van der Waals surface area contributed by atoms with Crippen LogP contribution in [0.15, 0.2) is 18.2 Å². The largest absolute Gasteiger partial charge is 0.462 e. The van der Waals surface area contributed by atoms with Crippen LogP contribution in [0.3, 0.4) is 0 Å². The third-order valence-electron chi connectivity index (χ3n) is 5.02. The zero-order chi connectivity index (χ0) is 24.4. The van der Waals surface area contributed by atoms with Gasteiger partial charge in [0.1, 0.15) is 12.1 Å². The Morgan fingerprint density at radius 2 is 1.82 bits per heavy atom. The van der Waals surface area contributed by atoms with Crippen molar-refractivity contribution >= 4 is 35.2 Å². The maximum absolute atomic E-state index is 12.5. The van der Waals surface area contributed by atoms with Crippen molar-refractivity contribution in [2.24, 2.45) is 0 Å². The quantitative estimate of drug-likeness (QED) is 0.204. The minimum Gasteiger partial charge on any atom is -0.462 e. The number of nitro groups is 1. The number of ether oxygens (including phenoxy) is 2. The lowest BCUT2D eigenvalue weighted by atomic mass is 10.1. The predicted molar refractivity (Wildman–Crippen MR) is 110 cm³/mol. The van der Waals surface area contributed by atoms with Crippen LogP contribution in [0.2, 0.25) is 0 Å². The number of imide groups is 1. The third kappa shape index (κ3) is 4.22. The summed E-state index contributed by atoms with van der Waals surface area (Å²) in [7, 11) is 0. The van der Waals surface area contributed by atoms with E-state index in [4.69, 9.17) is 9.47 Å². The van der Waals surface area contributed by atoms with Crippen LogP contribution in [0.4, 0.5) is 5.69 Å². The first-order chi connectivity index (χ1) is 15.6. The Bertz CT molecular complexity index is 1210. The molecule has 0 unspecified atom stereocenters. The van der Waals surface area contributed by atoms with E-state index in [9.17, 15) is 34.1 Å². The molecule has 0 aliphatic carbocycles. The van der Waals surface area contributed by atoms with Crippen molar-refractivity contribution < 1.29 is 38.4 Å². The number of nitro benzene ring substituents is 1. The van der Waals surface area contributed by atoms with Gasteiger partial charge in [0.05, 0.1) is 28.4 Å². The Hall–Kier alpha value is -4.35. The van der Waals surface area contributed by atoms with Gasteiger partial charge in [0.25, 0.3) is 17.5 Å². The minimum absolute atomic E-state index is 0.0553. The fraction of sp³-hybridized carbons (Fsp3) is 0.286. The summed E-state index contributed by atoms with van der Waals surface area (Å²) < 4.78 is 9.86. The average molecular weight is 457 g/mol. The van der Waals surface area contributed by atoms with E-state index in [1.807, 2.05) is 0 Å². The van der Waals surface area contributed by atoms with Crippen LogP contribution in [0.25, 0.3) is 0 Å². The molecule has 0 saturated carbocycles. The van der Waals surface area contributed by atoms with Gasteiger partial charge in [-0.3, -0.25) is 34.2 Å². The number of ketones is 1. The van der Waals surface area contributed by atoms with Gasteiger partial charge in [0, 0.05) is 11.8 Å². The van der Waals surface area contributed by atoms with Gasteiger partial charge in [-0.25, -0.2) is 4.79 Å². The lowest BCUT2D eigenvalue weighted by molar-refractivity contribution is -0.385. The molecule has 0 atom stereocenters. The highest BCUT2D eigenvalue weighted by Crippen LogP contribution is 2.30. The molecule has 2 amide bonds. The molecule has 2 heterocycles. The average Bonchev–Trinajstić information content (AvgIpc) is 3.20. The molecule has 12 nitrogen and oxygen atoms in total. The van der Waals surface area contributed by atoms with Crippen molar-refractivity contribution in [3.05, 3.63) is 62.0 Å². The molecule has 2 aromatic rings. The number of aromatic nitrogens is 1. The van der Waals surface area contributed by atoms with E-state index in [0.29, 0.717) is 16.2 Å². The third-order valence-corrected chi connectivity index (χ3v) is 5.02. The highest BCUT2D eigenvalue weighted by molar-refractivity contribution is 6.24. The number of H-pyrrole nitrogens is 1. The Morgan fingerprint density at radius 1 is 1.12 bits per heavy atom. The number of nitrogens with one attached hydrogen (secondary N) is 1. The number of esters is 2. The summed E-state index contributed by atoms with van der Waals surface area (Å²) in [5.41, 5.74) is -0.138. The topological polar surface area (TPSA) is 166 Å². The molecule has 1 aromatic heterocycles. The standard InChI is InChI=1S/C21H19N3O9/c1-4-32-21(29)16-10(2)18(22-11(16)3)14(25)9-33-15(26)8-23-19(27)12-6-5-7-13(24(30)31)17(12)20(23)28/h5-7,22H,4,8-9H2,1-3H3. The molecule has 0 saturated heterocycles. The number of amides is 2. The first-order valence-electron chi connectivity index (χ1n) is 9.77. The number of Topliss-reactive ketones (excluding diaryl/α,β-unsaturated/α-hetero) is 1. The minimum atomic E-state index is -1.06. The molecular weight excluding hydrogens is 438 g/mol. The summed E-state index contributed by atoms with van der Waals surface area (Å²) in [5, 5.41) is 11.1. The van der Waals surface area contributed by atoms with Crippen molar-refractivity contribution in [2.45, 2.75) is 20.8 Å². The second kappa shape index (κ2) is 9.02. The monoisotopic (exact) mass is 457 g/mol. The van der Waals surface area contributed by atoms with Gasteiger partial charge in [-0.05, 0) is 32.4 Å². The zero-order valence-corrected chi connectivity index (χ0v) is 17.9. The van der Waals surface area contributed by atoms with Crippen LogP contribution in [0, 0.1) is 24.0 Å². The molecule has 0 spiro atoms. The normalized spacial score (nSPS) is 12.5. The van der Waals surface area contributed by atoms with Crippen LogP contribution < -0.4 is 0 Å². The molecule has 0 radical (unpaired) electrons. The highest BCUT2D eigenvalue weighted by Gasteiger charge is 2.42. The van der Waals surface area contributed by atoms with Crippen molar-refractivity contribution in [3.8, 4) is 0 Å². The van der Waals surface area contributed by atoms with Crippen LogP contribution >= 0.6 is 0 Å². The number of nitrogens with zero attached hydrogens (tertiary/aromatic N) is 2. The van der Waals surface area contributed by atoms with E-state index in [2.05, 4.69) is 4.98 Å². The van der Waals surface area contributed by atoms with Crippen molar-refractivity contribution in [1.82, 2.24) is 9.88 Å². The number of hydrogen-bond acceptors (Lipinski definition) is 9. The van der Waals surface area contributed by atoms with Crippen LogP contribution in [0.5, 0.6) is 0 Å². The smallest absolute Gasteiger partial charge is 0.340 e. The number of carbonyl (C=O) groups excluding carboxylic acids is 5. The predicted octanol–water partition coefficient (Wildman–Crippen LogP) is 1.74. The van der Waals surface area contributed by atoms with E-state index >= 15 is 0 Å². The number of fused-ring (bicyclic) bond motifs is 1.